The van der Waals surface area contributed by atoms with Crippen LogP contribution >= 0.6 is 0 Å². The molecular formula is C49H40N4. The van der Waals surface area contributed by atoms with Gasteiger partial charge in [0.15, 0.2) is 17.5 Å². The monoisotopic (exact) mass is 684 g/mol. The second-order valence-electron chi connectivity index (χ2n) is 13.4. The molecule has 0 aliphatic heterocycles. The molecule has 256 valence electrons. The summed E-state index contributed by atoms with van der Waals surface area (Å²) in [4.78, 5) is 20.1. The molecule has 4 nitrogen and oxygen atoms in total. The molecule has 7 aromatic rings. The number of pyridine rings is 1. The summed E-state index contributed by atoms with van der Waals surface area (Å²) in [5.74, 6) is 1.87. The van der Waals surface area contributed by atoms with Crippen molar-refractivity contribution in [3.05, 3.63) is 209 Å². The van der Waals surface area contributed by atoms with Gasteiger partial charge in [-0.25, -0.2) is 15.0 Å². The van der Waals surface area contributed by atoms with E-state index in [4.69, 9.17) is 19.9 Å². The first-order valence-electron chi connectivity index (χ1n) is 18.1. The molecular weight excluding hydrogens is 645 g/mol. The number of aryl methyl sites for hydroxylation is 2. The molecule has 0 N–H and O–H groups in total. The molecule has 1 aliphatic carbocycles. The van der Waals surface area contributed by atoms with Crippen LogP contribution < -0.4 is 0 Å². The van der Waals surface area contributed by atoms with Crippen LogP contribution in [0.1, 0.15) is 47.5 Å². The fourth-order valence-corrected chi connectivity index (χ4v) is 7.83. The fourth-order valence-electron chi connectivity index (χ4n) is 7.83. The van der Waals surface area contributed by atoms with E-state index in [1.807, 2.05) is 43.3 Å². The highest BCUT2D eigenvalue weighted by Crippen LogP contribution is 2.57. The van der Waals surface area contributed by atoms with Crippen molar-refractivity contribution >= 4 is 5.57 Å². The Morgan fingerprint density at radius 3 is 1.70 bits per heavy atom. The number of rotatable bonds is 7. The van der Waals surface area contributed by atoms with Crippen LogP contribution in [0.4, 0.5) is 0 Å². The van der Waals surface area contributed by atoms with Gasteiger partial charge in [0.2, 0.25) is 0 Å². The van der Waals surface area contributed by atoms with Crippen molar-refractivity contribution in [2.45, 2.75) is 33.1 Å². The molecule has 2 aromatic heterocycles. The Kier molecular flexibility index (Phi) is 9.03. The third-order valence-corrected chi connectivity index (χ3v) is 10.2. The maximum absolute atomic E-state index is 5.18. The molecule has 2 heterocycles. The van der Waals surface area contributed by atoms with Crippen molar-refractivity contribution in [1.29, 1.82) is 0 Å². The maximum atomic E-state index is 5.18. The highest BCUT2D eigenvalue weighted by atomic mass is 15.0. The average molecular weight is 685 g/mol. The zero-order valence-electron chi connectivity index (χ0n) is 30.5. The SMILES string of the molecule is C\C=C/C=C1\C(=C/C)c2ccccc2C1(c1ccccc1)c1ccc(-c2nc(-c3ccccc3)nc(-c3ccccc3-c3ccc(C)nc3C)n2)cc1. The molecule has 5 aromatic carbocycles. The van der Waals surface area contributed by atoms with Crippen molar-refractivity contribution in [1.82, 2.24) is 19.9 Å². The van der Waals surface area contributed by atoms with Crippen LogP contribution in [0.2, 0.25) is 0 Å². The molecule has 0 amide bonds. The summed E-state index contributed by atoms with van der Waals surface area (Å²) < 4.78 is 0. The van der Waals surface area contributed by atoms with E-state index in [9.17, 15) is 0 Å². The van der Waals surface area contributed by atoms with E-state index in [1.165, 1.54) is 33.4 Å². The average Bonchev–Trinajstić information content (AvgIpc) is 3.50. The molecule has 4 heteroatoms. The minimum absolute atomic E-state index is 0.518. The Morgan fingerprint density at radius 2 is 1.04 bits per heavy atom. The molecule has 0 fully saturated rings. The number of fused-ring (bicyclic) bond motifs is 1. The molecule has 1 atom stereocenters. The number of benzene rings is 5. The molecule has 53 heavy (non-hydrogen) atoms. The van der Waals surface area contributed by atoms with Crippen molar-refractivity contribution in [3.63, 3.8) is 0 Å². The van der Waals surface area contributed by atoms with E-state index in [2.05, 4.69) is 154 Å². The standard InChI is InChI=1S/C49H40N4/c1-5-7-25-44-39(6-2)42-23-16-17-26-45(42)49(44,37-20-12-9-13-21-37)38-30-28-36(29-31-38)47-51-46(35-18-10-8-11-19-35)52-48(53-47)43-24-15-14-22-41(43)40-32-27-33(3)50-34(40)4/h5-32H,1-4H3/b7-5-,39-6-,44-25+. The first kappa shape index (κ1) is 33.6. The number of nitrogens with zero attached hydrogens (tertiary/aromatic N) is 4. The summed E-state index contributed by atoms with van der Waals surface area (Å²) in [7, 11) is 0. The van der Waals surface area contributed by atoms with Crippen molar-refractivity contribution < 1.29 is 0 Å². The largest absolute Gasteiger partial charge is 0.258 e. The molecule has 0 saturated heterocycles. The Labute approximate surface area is 312 Å². The van der Waals surface area contributed by atoms with E-state index in [-0.39, 0.29) is 0 Å². The number of aromatic nitrogens is 4. The molecule has 1 aliphatic rings. The summed E-state index contributed by atoms with van der Waals surface area (Å²) in [6, 6.07) is 51.1. The molecule has 1 unspecified atom stereocenters. The number of hydrogen-bond acceptors (Lipinski definition) is 4. The zero-order valence-corrected chi connectivity index (χ0v) is 30.5. The van der Waals surface area contributed by atoms with Crippen molar-refractivity contribution in [2.75, 3.05) is 0 Å². The second-order valence-corrected chi connectivity index (χ2v) is 13.4. The molecule has 0 spiro atoms. The number of hydrogen-bond donors (Lipinski definition) is 0. The molecule has 0 radical (unpaired) electrons. The summed E-state index contributed by atoms with van der Waals surface area (Å²) in [6.07, 6.45) is 8.78. The lowest BCUT2D eigenvalue weighted by atomic mass is 9.67. The Hall–Kier alpha value is -6.52. The van der Waals surface area contributed by atoms with Crippen LogP contribution in [-0.2, 0) is 5.41 Å². The minimum atomic E-state index is -0.518. The lowest BCUT2D eigenvalue weighted by Gasteiger charge is -2.34. The van der Waals surface area contributed by atoms with Gasteiger partial charge in [-0.3, -0.25) is 4.98 Å². The maximum Gasteiger partial charge on any atom is 0.164 e. The van der Waals surface area contributed by atoms with E-state index < -0.39 is 5.41 Å². The number of allylic oxidation sites excluding steroid dienone is 6. The van der Waals surface area contributed by atoms with Gasteiger partial charge in [-0.05, 0) is 72.7 Å². The van der Waals surface area contributed by atoms with Crippen molar-refractivity contribution in [3.8, 4) is 45.3 Å². The third-order valence-electron chi connectivity index (χ3n) is 10.2. The van der Waals surface area contributed by atoms with Crippen LogP contribution in [0.15, 0.2) is 175 Å². The van der Waals surface area contributed by atoms with Gasteiger partial charge in [0, 0.05) is 33.6 Å². The summed E-state index contributed by atoms with van der Waals surface area (Å²) in [5.41, 5.74) is 13.7. The normalized spacial score (nSPS) is 16.8. The van der Waals surface area contributed by atoms with Gasteiger partial charge in [-0.1, -0.05) is 164 Å². The second kappa shape index (κ2) is 14.2. The van der Waals surface area contributed by atoms with E-state index in [0.29, 0.717) is 17.5 Å². The Bertz CT molecular complexity index is 2530. The first-order chi connectivity index (χ1) is 26.0. The predicted molar refractivity (Wildman–Crippen MR) is 218 cm³/mol. The quantitative estimate of drug-likeness (QED) is 0.168. The van der Waals surface area contributed by atoms with Gasteiger partial charge < -0.3 is 0 Å². The van der Waals surface area contributed by atoms with Gasteiger partial charge in [-0.15, -0.1) is 0 Å². The Morgan fingerprint density at radius 1 is 0.472 bits per heavy atom. The minimum Gasteiger partial charge on any atom is -0.258 e. The molecule has 0 bridgehead atoms. The zero-order chi connectivity index (χ0) is 36.4. The van der Waals surface area contributed by atoms with Gasteiger partial charge in [-0.2, -0.15) is 0 Å². The van der Waals surface area contributed by atoms with Gasteiger partial charge in [0.1, 0.15) is 0 Å². The van der Waals surface area contributed by atoms with Crippen molar-refractivity contribution in [2.24, 2.45) is 0 Å². The Balaban J connectivity index is 1.32. The topological polar surface area (TPSA) is 51.6 Å². The third kappa shape index (κ3) is 5.92. The lowest BCUT2D eigenvalue weighted by molar-refractivity contribution is 0.769. The van der Waals surface area contributed by atoms with E-state index >= 15 is 0 Å². The fraction of sp³-hybridized carbons (Fsp3) is 0.102. The van der Waals surface area contributed by atoms with Crippen LogP contribution in [0.5, 0.6) is 0 Å². The highest BCUT2D eigenvalue weighted by molar-refractivity contribution is 5.94. The van der Waals surface area contributed by atoms with E-state index in [1.54, 1.807) is 0 Å². The summed E-state index contributed by atoms with van der Waals surface area (Å²) in [5, 5.41) is 0. The highest BCUT2D eigenvalue weighted by Gasteiger charge is 2.47. The van der Waals surface area contributed by atoms with Crippen LogP contribution in [0.3, 0.4) is 0 Å². The van der Waals surface area contributed by atoms with Crippen LogP contribution in [0.25, 0.3) is 50.9 Å². The van der Waals surface area contributed by atoms with Crippen LogP contribution in [0, 0.1) is 13.8 Å². The van der Waals surface area contributed by atoms with Crippen LogP contribution in [-0.4, -0.2) is 19.9 Å². The van der Waals surface area contributed by atoms with Gasteiger partial charge in [0.05, 0.1) is 5.41 Å². The van der Waals surface area contributed by atoms with E-state index in [0.717, 1.165) is 39.2 Å². The lowest BCUT2D eigenvalue weighted by Crippen LogP contribution is -2.28. The van der Waals surface area contributed by atoms with Gasteiger partial charge in [0.25, 0.3) is 0 Å². The predicted octanol–water partition coefficient (Wildman–Crippen LogP) is 11.8. The molecule has 0 saturated carbocycles. The summed E-state index contributed by atoms with van der Waals surface area (Å²) >= 11 is 0. The van der Waals surface area contributed by atoms with Gasteiger partial charge >= 0.3 is 0 Å². The first-order valence-corrected chi connectivity index (χ1v) is 18.1. The summed E-state index contributed by atoms with van der Waals surface area (Å²) in [6.45, 7) is 8.27. The smallest absolute Gasteiger partial charge is 0.164 e. The molecule has 8 rings (SSSR count).